The molecule has 0 atom stereocenters. The van der Waals surface area contributed by atoms with Gasteiger partial charge in [-0.15, -0.1) is 0 Å². The summed E-state index contributed by atoms with van der Waals surface area (Å²) in [5.41, 5.74) is 0.160. The first-order valence-electron chi connectivity index (χ1n) is 8.89. The van der Waals surface area contributed by atoms with Crippen LogP contribution in [-0.2, 0) is 10.0 Å². The molecule has 0 saturated carbocycles. The van der Waals surface area contributed by atoms with E-state index in [1.54, 1.807) is 0 Å². The number of hydrogen-bond acceptors (Lipinski definition) is 5. The third-order valence-corrected chi connectivity index (χ3v) is 6.68. The minimum atomic E-state index is -3.68. The molecule has 0 unspecified atom stereocenters. The molecule has 1 aliphatic rings. The molecule has 0 aromatic heterocycles. The standard InChI is InChI=1S/C18H19ClN4O5S/c19-16-8-7-15(29(27,28)22-9-2-1-3-10-22)12-17(16)21-18(24)20-13-5-4-6-14(11-13)23(25)26/h4-8,11-12H,1-3,9-10H2,(H2,20,21,24). The van der Waals surface area contributed by atoms with E-state index in [0.29, 0.717) is 13.1 Å². The number of rotatable bonds is 5. The summed E-state index contributed by atoms with van der Waals surface area (Å²) in [6.45, 7) is 0.919. The van der Waals surface area contributed by atoms with Crippen LogP contribution in [0, 0.1) is 10.1 Å². The fraction of sp³-hybridized carbons (Fsp3) is 0.278. The van der Waals surface area contributed by atoms with E-state index in [0.717, 1.165) is 19.3 Å². The van der Waals surface area contributed by atoms with E-state index in [4.69, 9.17) is 11.6 Å². The van der Waals surface area contributed by atoms with Crippen LogP contribution in [0.2, 0.25) is 5.02 Å². The highest BCUT2D eigenvalue weighted by Crippen LogP contribution is 2.28. The Bertz CT molecular complexity index is 1040. The number of carbonyl (C=O) groups excluding carboxylic acids is 1. The van der Waals surface area contributed by atoms with Crippen molar-refractivity contribution in [3.8, 4) is 0 Å². The highest BCUT2D eigenvalue weighted by molar-refractivity contribution is 7.89. The number of nitrogens with zero attached hydrogens (tertiary/aromatic N) is 2. The summed E-state index contributed by atoms with van der Waals surface area (Å²) >= 11 is 6.11. The Balaban J connectivity index is 1.77. The average Bonchev–Trinajstić information content (AvgIpc) is 2.70. The molecule has 2 aromatic carbocycles. The summed E-state index contributed by atoms with van der Waals surface area (Å²) in [6.07, 6.45) is 2.62. The lowest BCUT2D eigenvalue weighted by Gasteiger charge is -2.26. The number of non-ortho nitro benzene ring substituents is 1. The number of nitrogens with one attached hydrogen (secondary N) is 2. The monoisotopic (exact) mass is 438 g/mol. The molecular weight excluding hydrogens is 420 g/mol. The fourth-order valence-electron chi connectivity index (χ4n) is 3.00. The molecule has 1 aliphatic heterocycles. The molecule has 0 radical (unpaired) electrons. The molecule has 1 fully saturated rings. The molecule has 3 rings (SSSR count). The van der Waals surface area contributed by atoms with Gasteiger partial charge in [-0.3, -0.25) is 10.1 Å². The summed E-state index contributed by atoms with van der Waals surface area (Å²) in [6, 6.07) is 8.84. The lowest BCUT2D eigenvalue weighted by atomic mass is 10.2. The lowest BCUT2D eigenvalue weighted by Crippen LogP contribution is -2.35. The molecule has 11 heteroatoms. The van der Waals surface area contributed by atoms with E-state index >= 15 is 0 Å². The van der Waals surface area contributed by atoms with Crippen LogP contribution in [0.1, 0.15) is 19.3 Å². The van der Waals surface area contributed by atoms with Gasteiger partial charge < -0.3 is 10.6 Å². The predicted molar refractivity (Wildman–Crippen MR) is 110 cm³/mol. The molecule has 2 aromatic rings. The number of anilines is 2. The second kappa shape index (κ2) is 8.76. The molecule has 9 nitrogen and oxygen atoms in total. The second-order valence-corrected chi connectivity index (χ2v) is 8.84. The number of nitro groups is 1. The quantitative estimate of drug-likeness (QED) is 0.538. The largest absolute Gasteiger partial charge is 0.323 e. The first-order valence-corrected chi connectivity index (χ1v) is 10.7. The topological polar surface area (TPSA) is 122 Å². The zero-order valence-electron chi connectivity index (χ0n) is 15.3. The third-order valence-electron chi connectivity index (χ3n) is 4.45. The van der Waals surface area contributed by atoms with Gasteiger partial charge in [0.25, 0.3) is 5.69 Å². The molecule has 1 heterocycles. The maximum Gasteiger partial charge on any atom is 0.323 e. The molecule has 1 saturated heterocycles. The molecule has 2 N–H and O–H groups in total. The van der Waals surface area contributed by atoms with Crippen molar-refractivity contribution in [1.82, 2.24) is 4.31 Å². The van der Waals surface area contributed by atoms with Crippen LogP contribution in [0.5, 0.6) is 0 Å². The van der Waals surface area contributed by atoms with Crippen LogP contribution >= 0.6 is 11.6 Å². The minimum absolute atomic E-state index is 0.0365. The van der Waals surface area contributed by atoms with E-state index in [1.807, 2.05) is 0 Å². The number of piperidine rings is 1. The SMILES string of the molecule is O=C(Nc1cccc([N+](=O)[O-])c1)Nc1cc(S(=O)(=O)N2CCCCC2)ccc1Cl. The van der Waals surface area contributed by atoms with Gasteiger partial charge in [0, 0.05) is 30.9 Å². The highest BCUT2D eigenvalue weighted by atomic mass is 35.5. The van der Waals surface area contributed by atoms with Crippen molar-refractivity contribution >= 4 is 44.7 Å². The molecule has 0 spiro atoms. The number of amides is 2. The van der Waals surface area contributed by atoms with Crippen molar-refractivity contribution in [3.05, 3.63) is 57.6 Å². The summed E-state index contributed by atoms with van der Waals surface area (Å²) in [5, 5.41) is 15.9. The van der Waals surface area contributed by atoms with Crippen molar-refractivity contribution in [2.75, 3.05) is 23.7 Å². The maximum atomic E-state index is 12.8. The zero-order valence-corrected chi connectivity index (χ0v) is 16.9. The minimum Gasteiger partial charge on any atom is -0.307 e. The van der Waals surface area contributed by atoms with Crippen LogP contribution in [0.3, 0.4) is 0 Å². The number of urea groups is 1. The van der Waals surface area contributed by atoms with E-state index in [-0.39, 0.29) is 27.0 Å². The molecule has 154 valence electrons. The Morgan fingerprint density at radius 3 is 2.48 bits per heavy atom. The Labute approximate surface area is 172 Å². The predicted octanol–water partition coefficient (Wildman–Crippen LogP) is 4.07. The van der Waals surface area contributed by atoms with Crippen molar-refractivity contribution in [1.29, 1.82) is 0 Å². The van der Waals surface area contributed by atoms with Crippen LogP contribution in [-0.4, -0.2) is 36.8 Å². The molecular formula is C18H19ClN4O5S. The second-order valence-electron chi connectivity index (χ2n) is 6.49. The number of carbonyl (C=O) groups is 1. The van der Waals surface area contributed by atoms with Crippen molar-refractivity contribution in [2.45, 2.75) is 24.2 Å². The van der Waals surface area contributed by atoms with Gasteiger partial charge in [-0.05, 0) is 37.1 Å². The summed E-state index contributed by atoms with van der Waals surface area (Å²) in [5.74, 6) is 0. The Morgan fingerprint density at radius 1 is 1.07 bits per heavy atom. The molecule has 2 amide bonds. The Morgan fingerprint density at radius 2 is 1.79 bits per heavy atom. The maximum absolute atomic E-state index is 12.8. The normalized spacial score (nSPS) is 14.9. The summed E-state index contributed by atoms with van der Waals surface area (Å²) in [7, 11) is -3.68. The number of halogens is 1. The van der Waals surface area contributed by atoms with Gasteiger partial charge in [0.1, 0.15) is 0 Å². The van der Waals surface area contributed by atoms with Gasteiger partial charge in [-0.25, -0.2) is 13.2 Å². The zero-order chi connectivity index (χ0) is 21.0. The Kier molecular flexibility index (Phi) is 6.36. The average molecular weight is 439 g/mol. The summed E-state index contributed by atoms with van der Waals surface area (Å²) < 4.78 is 27.1. The highest BCUT2D eigenvalue weighted by Gasteiger charge is 2.26. The summed E-state index contributed by atoms with van der Waals surface area (Å²) in [4.78, 5) is 22.6. The first-order chi connectivity index (χ1) is 13.8. The van der Waals surface area contributed by atoms with Gasteiger partial charge in [0.2, 0.25) is 10.0 Å². The van der Waals surface area contributed by atoms with Crippen molar-refractivity contribution < 1.29 is 18.1 Å². The van der Waals surface area contributed by atoms with E-state index in [9.17, 15) is 23.3 Å². The molecule has 0 bridgehead atoms. The van der Waals surface area contributed by atoms with Crippen LogP contribution < -0.4 is 10.6 Å². The van der Waals surface area contributed by atoms with Gasteiger partial charge in [0.15, 0.2) is 0 Å². The fourth-order valence-corrected chi connectivity index (χ4v) is 4.71. The van der Waals surface area contributed by atoms with Crippen LogP contribution in [0.25, 0.3) is 0 Å². The van der Waals surface area contributed by atoms with E-state index < -0.39 is 21.0 Å². The van der Waals surface area contributed by atoms with Gasteiger partial charge in [-0.2, -0.15) is 4.31 Å². The number of hydrogen-bond donors (Lipinski definition) is 2. The van der Waals surface area contributed by atoms with Gasteiger partial charge >= 0.3 is 6.03 Å². The van der Waals surface area contributed by atoms with Crippen molar-refractivity contribution in [2.24, 2.45) is 0 Å². The molecule has 29 heavy (non-hydrogen) atoms. The first kappa shape index (κ1) is 21.0. The van der Waals surface area contributed by atoms with E-state index in [2.05, 4.69) is 10.6 Å². The van der Waals surface area contributed by atoms with Crippen molar-refractivity contribution in [3.63, 3.8) is 0 Å². The number of benzene rings is 2. The van der Waals surface area contributed by atoms with Gasteiger partial charge in [-0.1, -0.05) is 24.1 Å². The van der Waals surface area contributed by atoms with E-state index in [1.165, 1.54) is 46.8 Å². The third kappa shape index (κ3) is 5.03. The van der Waals surface area contributed by atoms with Crippen LogP contribution in [0.15, 0.2) is 47.4 Å². The smallest absolute Gasteiger partial charge is 0.307 e. The lowest BCUT2D eigenvalue weighted by molar-refractivity contribution is -0.384. The number of sulfonamides is 1. The number of nitro benzene ring substituents is 1. The van der Waals surface area contributed by atoms with Crippen LogP contribution in [0.4, 0.5) is 21.9 Å². The Hall–Kier alpha value is -2.69. The van der Waals surface area contributed by atoms with Gasteiger partial charge in [0.05, 0.1) is 20.5 Å². The molecule has 0 aliphatic carbocycles.